The highest BCUT2D eigenvalue weighted by Gasteiger charge is 2.17. The number of rotatable bonds is 2. The number of allylic oxidation sites excluding steroid dienone is 2. The van der Waals surface area contributed by atoms with Crippen molar-refractivity contribution in [3.63, 3.8) is 0 Å². The summed E-state index contributed by atoms with van der Waals surface area (Å²) in [5.74, 6) is 0. The van der Waals surface area contributed by atoms with Gasteiger partial charge in [-0.25, -0.2) is 0 Å². The highest BCUT2D eigenvalue weighted by Crippen LogP contribution is 2.36. The maximum absolute atomic E-state index is 2.39. The van der Waals surface area contributed by atoms with Gasteiger partial charge in [0, 0.05) is 4.88 Å². The molecule has 0 bridgehead atoms. The van der Waals surface area contributed by atoms with Crippen LogP contribution in [0.5, 0.6) is 0 Å². The van der Waals surface area contributed by atoms with Crippen molar-refractivity contribution in [1.82, 2.24) is 0 Å². The minimum Gasteiger partial charge on any atom is -0.148 e. The lowest BCUT2D eigenvalue weighted by atomic mass is 10.1. The van der Waals surface area contributed by atoms with Crippen molar-refractivity contribution in [1.29, 1.82) is 0 Å². The molecule has 0 aliphatic heterocycles. The normalized spacial score (nSPS) is 14.7. The van der Waals surface area contributed by atoms with Gasteiger partial charge in [-0.1, -0.05) is 19.9 Å². The third-order valence-corrected chi connectivity index (χ3v) is 3.71. The highest BCUT2D eigenvalue weighted by atomic mass is 32.1. The highest BCUT2D eigenvalue weighted by molar-refractivity contribution is 7.10. The van der Waals surface area contributed by atoms with E-state index >= 15 is 0 Å². The SMILES string of the molecule is CCC1=CCc2csc(CC)c21. The molecular formula is C11H14S. The van der Waals surface area contributed by atoms with Crippen molar-refractivity contribution in [2.75, 3.05) is 0 Å². The molecule has 0 spiro atoms. The van der Waals surface area contributed by atoms with E-state index in [1.165, 1.54) is 19.3 Å². The molecule has 0 saturated heterocycles. The Kier molecular flexibility index (Phi) is 2.05. The monoisotopic (exact) mass is 178 g/mol. The van der Waals surface area contributed by atoms with E-state index in [4.69, 9.17) is 0 Å². The van der Waals surface area contributed by atoms with Gasteiger partial charge in [-0.3, -0.25) is 0 Å². The largest absolute Gasteiger partial charge is 0.148 e. The van der Waals surface area contributed by atoms with Gasteiger partial charge in [0.05, 0.1) is 0 Å². The minimum absolute atomic E-state index is 1.18. The van der Waals surface area contributed by atoms with Gasteiger partial charge in [-0.2, -0.15) is 0 Å². The fraction of sp³-hybridized carbons (Fsp3) is 0.455. The van der Waals surface area contributed by atoms with Crippen LogP contribution in [-0.4, -0.2) is 0 Å². The minimum atomic E-state index is 1.18. The fourth-order valence-electron chi connectivity index (χ4n) is 1.89. The van der Waals surface area contributed by atoms with E-state index in [0.29, 0.717) is 0 Å². The molecule has 2 rings (SSSR count). The molecule has 1 aliphatic rings. The van der Waals surface area contributed by atoms with Gasteiger partial charge in [0.2, 0.25) is 0 Å². The van der Waals surface area contributed by atoms with Gasteiger partial charge >= 0.3 is 0 Å². The summed E-state index contributed by atoms with van der Waals surface area (Å²) in [5.41, 5.74) is 4.72. The lowest BCUT2D eigenvalue weighted by Crippen LogP contribution is -1.83. The predicted octanol–water partition coefficient (Wildman–Crippen LogP) is 3.66. The first-order valence-corrected chi connectivity index (χ1v) is 5.53. The second-order valence-corrected chi connectivity index (χ2v) is 4.16. The summed E-state index contributed by atoms with van der Waals surface area (Å²) in [6.45, 7) is 4.50. The summed E-state index contributed by atoms with van der Waals surface area (Å²) >= 11 is 1.93. The molecule has 0 atom stereocenters. The van der Waals surface area contributed by atoms with Gasteiger partial charge in [0.25, 0.3) is 0 Å². The molecule has 64 valence electrons. The number of hydrogen-bond donors (Lipinski definition) is 0. The van der Waals surface area contributed by atoms with Crippen molar-refractivity contribution >= 4 is 16.9 Å². The molecule has 0 aromatic carbocycles. The Morgan fingerprint density at radius 2 is 2.17 bits per heavy atom. The standard InChI is InChI=1S/C11H14S/c1-3-8-5-6-9-7-12-10(4-2)11(8)9/h5,7H,3-4,6H2,1-2H3. The van der Waals surface area contributed by atoms with Crippen LogP contribution in [0.4, 0.5) is 0 Å². The number of thiophene rings is 1. The topological polar surface area (TPSA) is 0 Å². The van der Waals surface area contributed by atoms with Gasteiger partial charge in [0.15, 0.2) is 0 Å². The molecule has 1 heteroatoms. The average molecular weight is 178 g/mol. The molecule has 1 aromatic rings. The molecular weight excluding hydrogens is 164 g/mol. The van der Waals surface area contributed by atoms with Gasteiger partial charge in [0.1, 0.15) is 0 Å². The van der Waals surface area contributed by atoms with Crippen LogP contribution in [0.15, 0.2) is 11.5 Å². The van der Waals surface area contributed by atoms with Crippen molar-refractivity contribution in [3.05, 3.63) is 27.5 Å². The Balaban J connectivity index is 2.47. The van der Waals surface area contributed by atoms with Crippen molar-refractivity contribution in [2.45, 2.75) is 33.1 Å². The first-order chi connectivity index (χ1) is 5.86. The third-order valence-electron chi connectivity index (χ3n) is 2.53. The molecule has 0 amide bonds. The van der Waals surface area contributed by atoms with Gasteiger partial charge in [-0.05, 0) is 41.3 Å². The van der Waals surface area contributed by atoms with Crippen molar-refractivity contribution in [3.8, 4) is 0 Å². The zero-order valence-corrected chi connectivity index (χ0v) is 8.50. The Morgan fingerprint density at radius 3 is 2.83 bits per heavy atom. The van der Waals surface area contributed by atoms with E-state index in [1.807, 2.05) is 11.3 Å². The molecule has 12 heavy (non-hydrogen) atoms. The van der Waals surface area contributed by atoms with E-state index in [1.54, 1.807) is 21.6 Å². The van der Waals surface area contributed by atoms with Crippen LogP contribution < -0.4 is 0 Å². The first kappa shape index (κ1) is 8.06. The first-order valence-electron chi connectivity index (χ1n) is 4.65. The zero-order chi connectivity index (χ0) is 8.55. The van der Waals surface area contributed by atoms with E-state index in [-0.39, 0.29) is 0 Å². The van der Waals surface area contributed by atoms with Crippen LogP contribution in [0.25, 0.3) is 5.57 Å². The number of hydrogen-bond acceptors (Lipinski definition) is 1. The second-order valence-electron chi connectivity index (χ2n) is 3.20. The van der Waals surface area contributed by atoms with Gasteiger partial charge in [-0.15, -0.1) is 11.3 Å². The van der Waals surface area contributed by atoms with Crippen LogP contribution in [-0.2, 0) is 12.8 Å². The number of fused-ring (bicyclic) bond motifs is 1. The molecule has 0 N–H and O–H groups in total. The van der Waals surface area contributed by atoms with Gasteiger partial charge < -0.3 is 0 Å². The third kappa shape index (κ3) is 1.04. The fourth-order valence-corrected chi connectivity index (χ4v) is 2.94. The molecule has 0 radical (unpaired) electrons. The van der Waals surface area contributed by atoms with Crippen LogP contribution in [0, 0.1) is 0 Å². The Bertz CT molecular complexity index is 318. The number of aryl methyl sites for hydroxylation is 1. The summed E-state index contributed by atoms with van der Waals surface area (Å²) in [4.78, 5) is 1.58. The summed E-state index contributed by atoms with van der Waals surface area (Å²) in [6, 6.07) is 0. The zero-order valence-electron chi connectivity index (χ0n) is 7.68. The lowest BCUT2D eigenvalue weighted by molar-refractivity contribution is 1.16. The van der Waals surface area contributed by atoms with E-state index in [2.05, 4.69) is 25.3 Å². The van der Waals surface area contributed by atoms with E-state index in [0.717, 1.165) is 0 Å². The Hall–Kier alpha value is -0.560. The summed E-state index contributed by atoms with van der Waals surface area (Å²) in [6.07, 6.45) is 5.94. The molecule has 1 heterocycles. The molecule has 1 aliphatic carbocycles. The summed E-state index contributed by atoms with van der Waals surface area (Å²) in [7, 11) is 0. The Labute approximate surface area is 77.9 Å². The molecule has 0 saturated carbocycles. The summed E-state index contributed by atoms with van der Waals surface area (Å²) in [5, 5.41) is 2.33. The average Bonchev–Trinajstić information content (AvgIpc) is 2.62. The predicted molar refractivity (Wildman–Crippen MR) is 55.7 cm³/mol. The smallest absolute Gasteiger partial charge is 0.0120 e. The van der Waals surface area contributed by atoms with Crippen LogP contribution in [0.1, 0.15) is 36.3 Å². The van der Waals surface area contributed by atoms with Crippen LogP contribution >= 0.6 is 11.3 Å². The molecule has 0 unspecified atom stereocenters. The van der Waals surface area contributed by atoms with E-state index < -0.39 is 0 Å². The second kappa shape index (κ2) is 3.06. The Morgan fingerprint density at radius 1 is 1.33 bits per heavy atom. The maximum Gasteiger partial charge on any atom is 0.0120 e. The van der Waals surface area contributed by atoms with Crippen molar-refractivity contribution in [2.24, 2.45) is 0 Å². The molecule has 0 nitrogen and oxygen atoms in total. The van der Waals surface area contributed by atoms with E-state index in [9.17, 15) is 0 Å². The van der Waals surface area contributed by atoms with Crippen molar-refractivity contribution < 1.29 is 0 Å². The van der Waals surface area contributed by atoms with Crippen LogP contribution in [0.2, 0.25) is 0 Å². The quantitative estimate of drug-likeness (QED) is 0.648. The molecule has 0 fully saturated rings. The maximum atomic E-state index is 2.39. The molecule has 1 aromatic heterocycles. The summed E-state index contributed by atoms with van der Waals surface area (Å²) < 4.78 is 0. The lowest BCUT2D eigenvalue weighted by Gasteiger charge is -2.01. The van der Waals surface area contributed by atoms with Crippen LogP contribution in [0.3, 0.4) is 0 Å².